The van der Waals surface area contributed by atoms with E-state index in [9.17, 15) is 14.0 Å². The van der Waals surface area contributed by atoms with E-state index in [1.807, 2.05) is 18.7 Å². The number of hydrogen-bond donors (Lipinski definition) is 1. The average molecular weight is 405 g/mol. The summed E-state index contributed by atoms with van der Waals surface area (Å²) in [6.07, 6.45) is 2.27. The standard InChI is InChI=1S/C20H22ClFN4O2/c1-13(2)24-19(27)14-4-7-18(23-11-14)25-8-3-9-26(12-25)20(28)16-10-15(22)5-6-17(16)21/h4-7,10-11,13H,3,8-9,12H2,1-2H3,(H,24,27). The molecule has 2 heterocycles. The van der Waals surface area contributed by atoms with E-state index in [1.165, 1.54) is 18.3 Å². The Morgan fingerprint density at radius 3 is 2.68 bits per heavy atom. The molecule has 0 radical (unpaired) electrons. The van der Waals surface area contributed by atoms with Gasteiger partial charge >= 0.3 is 0 Å². The van der Waals surface area contributed by atoms with Crippen molar-refractivity contribution in [2.24, 2.45) is 0 Å². The fraction of sp³-hybridized carbons (Fsp3) is 0.350. The quantitative estimate of drug-likeness (QED) is 0.848. The van der Waals surface area contributed by atoms with Crippen molar-refractivity contribution in [1.29, 1.82) is 0 Å². The number of pyridine rings is 1. The van der Waals surface area contributed by atoms with Crippen molar-refractivity contribution >= 4 is 29.2 Å². The molecule has 2 aromatic rings. The van der Waals surface area contributed by atoms with E-state index >= 15 is 0 Å². The van der Waals surface area contributed by atoms with Crippen molar-refractivity contribution < 1.29 is 14.0 Å². The second kappa shape index (κ2) is 8.56. The lowest BCUT2D eigenvalue weighted by Gasteiger charge is -2.36. The van der Waals surface area contributed by atoms with Crippen LogP contribution in [0.2, 0.25) is 5.02 Å². The Bertz CT molecular complexity index is 873. The molecule has 2 amide bonds. The van der Waals surface area contributed by atoms with Crippen LogP contribution in [0.3, 0.4) is 0 Å². The zero-order chi connectivity index (χ0) is 20.3. The second-order valence-electron chi connectivity index (χ2n) is 6.98. The van der Waals surface area contributed by atoms with Gasteiger partial charge in [0.05, 0.1) is 22.8 Å². The van der Waals surface area contributed by atoms with Crippen LogP contribution in [-0.2, 0) is 0 Å². The van der Waals surface area contributed by atoms with Crippen LogP contribution in [-0.4, -0.2) is 47.5 Å². The molecule has 0 atom stereocenters. The van der Waals surface area contributed by atoms with Crippen LogP contribution >= 0.6 is 11.6 Å². The first-order valence-corrected chi connectivity index (χ1v) is 9.49. The van der Waals surface area contributed by atoms with Gasteiger partial charge in [-0.05, 0) is 50.6 Å². The van der Waals surface area contributed by atoms with Crippen molar-refractivity contribution in [2.45, 2.75) is 26.3 Å². The van der Waals surface area contributed by atoms with Gasteiger partial charge in [-0.25, -0.2) is 9.37 Å². The van der Waals surface area contributed by atoms with E-state index in [2.05, 4.69) is 10.3 Å². The molecule has 0 aliphatic carbocycles. The van der Waals surface area contributed by atoms with Crippen molar-refractivity contribution in [3.63, 3.8) is 0 Å². The van der Waals surface area contributed by atoms with E-state index in [0.717, 1.165) is 19.0 Å². The van der Waals surface area contributed by atoms with Crippen LogP contribution < -0.4 is 10.2 Å². The molecule has 1 N–H and O–H groups in total. The molecule has 148 valence electrons. The summed E-state index contributed by atoms with van der Waals surface area (Å²) < 4.78 is 13.5. The molecule has 1 aliphatic rings. The highest BCUT2D eigenvalue weighted by Gasteiger charge is 2.25. The number of hydrogen-bond acceptors (Lipinski definition) is 4. The smallest absolute Gasteiger partial charge is 0.256 e. The Morgan fingerprint density at radius 1 is 1.21 bits per heavy atom. The molecule has 1 saturated heterocycles. The lowest BCUT2D eigenvalue weighted by molar-refractivity contribution is 0.0732. The molecule has 8 heteroatoms. The predicted molar refractivity (Wildman–Crippen MR) is 106 cm³/mol. The van der Waals surface area contributed by atoms with Gasteiger partial charge in [0.2, 0.25) is 0 Å². The van der Waals surface area contributed by atoms with E-state index in [4.69, 9.17) is 11.6 Å². The summed E-state index contributed by atoms with van der Waals surface area (Å²) in [5, 5.41) is 3.04. The maximum atomic E-state index is 13.5. The van der Waals surface area contributed by atoms with Crippen LogP contribution in [0.1, 0.15) is 41.0 Å². The first-order valence-electron chi connectivity index (χ1n) is 9.11. The Kier molecular flexibility index (Phi) is 6.14. The van der Waals surface area contributed by atoms with Gasteiger partial charge < -0.3 is 15.1 Å². The fourth-order valence-corrected chi connectivity index (χ4v) is 3.24. The highest BCUT2D eigenvalue weighted by Crippen LogP contribution is 2.22. The summed E-state index contributed by atoms with van der Waals surface area (Å²) in [6, 6.07) is 7.28. The summed E-state index contributed by atoms with van der Waals surface area (Å²) >= 11 is 6.07. The van der Waals surface area contributed by atoms with Gasteiger partial charge in [-0.15, -0.1) is 0 Å². The number of rotatable bonds is 4. The number of carbonyl (C=O) groups is 2. The van der Waals surface area contributed by atoms with Crippen LogP contribution in [0.15, 0.2) is 36.5 Å². The van der Waals surface area contributed by atoms with Gasteiger partial charge in [0, 0.05) is 25.3 Å². The van der Waals surface area contributed by atoms with Crippen molar-refractivity contribution in [2.75, 3.05) is 24.7 Å². The SMILES string of the molecule is CC(C)NC(=O)c1ccc(N2CCCN(C(=O)c3cc(F)ccc3Cl)C2)nc1. The van der Waals surface area contributed by atoms with Gasteiger partial charge in [-0.2, -0.15) is 0 Å². The summed E-state index contributed by atoms with van der Waals surface area (Å²) in [7, 11) is 0. The van der Waals surface area contributed by atoms with E-state index in [1.54, 1.807) is 17.0 Å². The number of aromatic nitrogens is 1. The minimum Gasteiger partial charge on any atom is -0.350 e. The molecule has 0 bridgehead atoms. The Balaban J connectivity index is 1.72. The third kappa shape index (κ3) is 4.59. The third-order valence-electron chi connectivity index (χ3n) is 4.40. The molecule has 0 unspecified atom stereocenters. The molecule has 28 heavy (non-hydrogen) atoms. The van der Waals surface area contributed by atoms with Crippen LogP contribution in [0.5, 0.6) is 0 Å². The monoisotopic (exact) mass is 404 g/mol. The summed E-state index contributed by atoms with van der Waals surface area (Å²) in [4.78, 5) is 32.7. The number of halogens is 2. The van der Waals surface area contributed by atoms with Gasteiger partial charge in [0.15, 0.2) is 0 Å². The first-order chi connectivity index (χ1) is 13.3. The molecule has 1 aliphatic heterocycles. The zero-order valence-electron chi connectivity index (χ0n) is 15.8. The topological polar surface area (TPSA) is 65.5 Å². The average Bonchev–Trinajstić information content (AvgIpc) is 2.69. The Hall–Kier alpha value is -2.67. The van der Waals surface area contributed by atoms with Crippen LogP contribution in [0.4, 0.5) is 10.2 Å². The number of amides is 2. The molecule has 0 spiro atoms. The summed E-state index contributed by atoms with van der Waals surface area (Å²) in [5.41, 5.74) is 0.631. The largest absolute Gasteiger partial charge is 0.350 e. The van der Waals surface area contributed by atoms with E-state index in [0.29, 0.717) is 24.6 Å². The highest BCUT2D eigenvalue weighted by molar-refractivity contribution is 6.33. The predicted octanol–water partition coefficient (Wildman–Crippen LogP) is 3.32. The lowest BCUT2D eigenvalue weighted by atomic mass is 10.1. The molecule has 0 saturated carbocycles. The Labute approximate surface area is 168 Å². The number of anilines is 1. The summed E-state index contributed by atoms with van der Waals surface area (Å²) in [5.74, 6) is -0.324. The molecular weight excluding hydrogens is 383 g/mol. The summed E-state index contributed by atoms with van der Waals surface area (Å²) in [6.45, 7) is 5.38. The third-order valence-corrected chi connectivity index (χ3v) is 4.73. The fourth-order valence-electron chi connectivity index (χ4n) is 3.04. The molecule has 1 fully saturated rings. The molecule has 3 rings (SSSR count). The van der Waals surface area contributed by atoms with E-state index < -0.39 is 5.82 Å². The highest BCUT2D eigenvalue weighted by atomic mass is 35.5. The van der Waals surface area contributed by atoms with Gasteiger partial charge in [0.1, 0.15) is 11.6 Å². The Morgan fingerprint density at radius 2 is 2.00 bits per heavy atom. The second-order valence-corrected chi connectivity index (χ2v) is 7.39. The molecule has 6 nitrogen and oxygen atoms in total. The number of nitrogens with one attached hydrogen (secondary N) is 1. The molecular formula is C20H22ClFN4O2. The number of nitrogens with zero attached hydrogens (tertiary/aromatic N) is 3. The van der Waals surface area contributed by atoms with Gasteiger partial charge in [-0.3, -0.25) is 9.59 Å². The van der Waals surface area contributed by atoms with E-state index in [-0.39, 0.29) is 28.4 Å². The van der Waals surface area contributed by atoms with Crippen molar-refractivity contribution in [1.82, 2.24) is 15.2 Å². The van der Waals surface area contributed by atoms with Crippen molar-refractivity contribution in [3.8, 4) is 0 Å². The zero-order valence-corrected chi connectivity index (χ0v) is 16.5. The minimum atomic E-state index is -0.501. The number of benzene rings is 1. The maximum Gasteiger partial charge on any atom is 0.256 e. The maximum absolute atomic E-state index is 13.5. The normalized spacial score (nSPS) is 14.3. The van der Waals surface area contributed by atoms with Gasteiger partial charge in [0.25, 0.3) is 11.8 Å². The van der Waals surface area contributed by atoms with Crippen molar-refractivity contribution in [3.05, 3.63) is 58.5 Å². The van der Waals surface area contributed by atoms with Crippen LogP contribution in [0.25, 0.3) is 0 Å². The van der Waals surface area contributed by atoms with Crippen LogP contribution in [0, 0.1) is 5.82 Å². The first kappa shape index (κ1) is 20.1. The molecule has 1 aromatic carbocycles. The lowest BCUT2D eigenvalue weighted by Crippen LogP contribution is -2.48. The van der Waals surface area contributed by atoms with Gasteiger partial charge in [-0.1, -0.05) is 11.6 Å². The number of carbonyl (C=O) groups excluding carboxylic acids is 2. The molecule has 1 aromatic heterocycles. The minimum absolute atomic E-state index is 0.0449.